The smallest absolute Gasteiger partial charge is 0.416 e. The number of nitro benzene ring substituents is 1. The molecule has 2 unspecified atom stereocenters. The Morgan fingerprint density at radius 3 is 2.62 bits per heavy atom. The number of aromatic hydroxyl groups is 1. The molecule has 13 heteroatoms. The van der Waals surface area contributed by atoms with E-state index in [0.717, 1.165) is 22.8 Å². The van der Waals surface area contributed by atoms with Gasteiger partial charge < -0.3 is 15.3 Å². The first-order chi connectivity index (χ1) is 16.1. The van der Waals surface area contributed by atoms with E-state index in [2.05, 4.69) is 5.32 Å². The summed E-state index contributed by atoms with van der Waals surface area (Å²) in [7, 11) is 0. The zero-order chi connectivity index (χ0) is 24.4. The van der Waals surface area contributed by atoms with Crippen LogP contribution >= 0.6 is 0 Å². The number of nitro groups is 1. The molecule has 176 valence electrons. The number of fused-ring (bicyclic) bond motifs is 5. The van der Waals surface area contributed by atoms with Gasteiger partial charge >= 0.3 is 17.9 Å². The number of alkyl halides is 3. The molecule has 1 saturated heterocycles. The summed E-state index contributed by atoms with van der Waals surface area (Å²) in [4.78, 5) is 37.6. The molecule has 0 aliphatic carbocycles. The second-order valence-corrected chi connectivity index (χ2v) is 8.04. The maximum absolute atomic E-state index is 13.1. The lowest BCUT2D eigenvalue weighted by Gasteiger charge is -2.27. The van der Waals surface area contributed by atoms with Gasteiger partial charge in [0.2, 0.25) is 5.88 Å². The number of carbonyl (C=O) groups is 1. The van der Waals surface area contributed by atoms with Gasteiger partial charge in [0.1, 0.15) is 5.69 Å². The molecule has 2 aliphatic heterocycles. The van der Waals surface area contributed by atoms with E-state index in [9.17, 15) is 38.0 Å². The maximum atomic E-state index is 13.1. The number of aromatic nitrogens is 2. The van der Waals surface area contributed by atoms with Crippen LogP contribution in [0.15, 0.2) is 53.3 Å². The van der Waals surface area contributed by atoms with Crippen LogP contribution in [0.25, 0.3) is 5.69 Å². The van der Waals surface area contributed by atoms with E-state index in [0.29, 0.717) is 6.42 Å². The SMILES string of the molecule is O=C(Nc1cccc([N+](=O)[O-])c1)N1CC2CC1c1c(O)n(-c3cccc(C(F)(F)F)c3)c(=O)n12. The lowest BCUT2D eigenvalue weighted by Crippen LogP contribution is -2.40. The van der Waals surface area contributed by atoms with Crippen molar-refractivity contribution in [1.29, 1.82) is 0 Å². The summed E-state index contributed by atoms with van der Waals surface area (Å²) in [5.74, 6) is -0.537. The summed E-state index contributed by atoms with van der Waals surface area (Å²) in [6, 6.07) is 7.68. The number of rotatable bonds is 3. The number of nitrogens with zero attached hydrogens (tertiary/aromatic N) is 4. The average Bonchev–Trinajstić information content (AvgIpc) is 3.45. The average molecular weight is 475 g/mol. The molecule has 2 aromatic carbocycles. The molecule has 2 atom stereocenters. The highest BCUT2D eigenvalue weighted by molar-refractivity contribution is 5.90. The molecule has 2 amide bonds. The zero-order valence-electron chi connectivity index (χ0n) is 17.2. The molecule has 1 aromatic heterocycles. The van der Waals surface area contributed by atoms with Gasteiger partial charge in [-0.3, -0.25) is 14.7 Å². The molecule has 5 rings (SSSR count). The molecule has 10 nitrogen and oxygen atoms in total. The quantitative estimate of drug-likeness (QED) is 0.441. The fourth-order valence-electron chi connectivity index (χ4n) is 4.62. The molecule has 3 aromatic rings. The van der Waals surface area contributed by atoms with Crippen LogP contribution in [0.4, 0.5) is 29.3 Å². The molecular weight excluding hydrogens is 459 g/mol. The number of halogens is 3. The largest absolute Gasteiger partial charge is 0.493 e. The number of non-ortho nitro benzene ring substituents is 1. The Labute approximate surface area is 188 Å². The van der Waals surface area contributed by atoms with Crippen molar-refractivity contribution in [3.63, 3.8) is 0 Å². The lowest BCUT2D eigenvalue weighted by atomic mass is 10.2. The summed E-state index contributed by atoms with van der Waals surface area (Å²) >= 11 is 0. The highest BCUT2D eigenvalue weighted by atomic mass is 19.4. The van der Waals surface area contributed by atoms with Crippen LogP contribution in [0, 0.1) is 10.1 Å². The Bertz CT molecular complexity index is 1400. The summed E-state index contributed by atoms with van der Waals surface area (Å²) < 4.78 is 41.5. The van der Waals surface area contributed by atoms with Crippen molar-refractivity contribution >= 4 is 17.4 Å². The van der Waals surface area contributed by atoms with Crippen molar-refractivity contribution in [2.75, 3.05) is 11.9 Å². The number of anilines is 1. The highest BCUT2D eigenvalue weighted by Gasteiger charge is 2.49. The van der Waals surface area contributed by atoms with Crippen LogP contribution in [0.1, 0.15) is 29.8 Å². The minimum absolute atomic E-state index is 0.129. The van der Waals surface area contributed by atoms with Crippen LogP contribution in [-0.2, 0) is 6.18 Å². The standard InChI is InChI=1S/C21H16F3N5O5/c22-21(23,24)11-3-1-5-13(7-11)28-18(30)17-16-9-15(27(17)20(28)32)10-26(16)19(31)25-12-4-2-6-14(8-12)29(33)34/h1-8,15-16,30H,9-10H2,(H,25,31). The van der Waals surface area contributed by atoms with E-state index in [1.165, 1.54) is 39.8 Å². The number of nitrogens with one attached hydrogen (secondary N) is 1. The number of hydrogen-bond donors (Lipinski definition) is 2. The number of urea groups is 1. The van der Waals surface area contributed by atoms with Gasteiger partial charge in [-0.2, -0.15) is 13.2 Å². The number of hydrogen-bond acceptors (Lipinski definition) is 5. The third-order valence-electron chi connectivity index (χ3n) is 6.06. The Kier molecular flexibility index (Phi) is 4.67. The first-order valence-electron chi connectivity index (χ1n) is 10.1. The van der Waals surface area contributed by atoms with Crippen molar-refractivity contribution < 1.29 is 28.0 Å². The monoisotopic (exact) mass is 475 g/mol. The number of imidazole rings is 1. The normalized spacial score (nSPS) is 18.7. The zero-order valence-corrected chi connectivity index (χ0v) is 17.2. The third kappa shape index (κ3) is 3.27. The summed E-state index contributed by atoms with van der Waals surface area (Å²) in [6.07, 6.45) is -4.28. The minimum Gasteiger partial charge on any atom is -0.493 e. The Hall–Kier alpha value is -4.29. The summed E-state index contributed by atoms with van der Waals surface area (Å²) in [5, 5.41) is 24.3. The topological polar surface area (TPSA) is 123 Å². The van der Waals surface area contributed by atoms with Gasteiger partial charge in [0.05, 0.1) is 28.3 Å². The number of carbonyl (C=O) groups excluding carboxylic acids is 1. The molecule has 0 radical (unpaired) electrons. The van der Waals surface area contributed by atoms with E-state index in [1.807, 2.05) is 0 Å². The fraction of sp³-hybridized carbons (Fsp3) is 0.238. The van der Waals surface area contributed by atoms with Gasteiger partial charge in [0.25, 0.3) is 5.69 Å². The van der Waals surface area contributed by atoms with Crippen molar-refractivity contribution in [2.45, 2.75) is 24.7 Å². The molecule has 0 spiro atoms. The van der Waals surface area contributed by atoms with Crippen LogP contribution < -0.4 is 11.0 Å². The fourth-order valence-corrected chi connectivity index (χ4v) is 4.62. The van der Waals surface area contributed by atoms with Crippen molar-refractivity contribution in [3.05, 3.63) is 80.4 Å². The van der Waals surface area contributed by atoms with Gasteiger partial charge in [-0.1, -0.05) is 12.1 Å². The van der Waals surface area contributed by atoms with E-state index < -0.39 is 46.3 Å². The second kappa shape index (κ2) is 7.37. The van der Waals surface area contributed by atoms with Gasteiger partial charge in [-0.25, -0.2) is 14.2 Å². The first-order valence-corrected chi connectivity index (χ1v) is 10.1. The van der Waals surface area contributed by atoms with E-state index >= 15 is 0 Å². The Morgan fingerprint density at radius 1 is 1.18 bits per heavy atom. The van der Waals surface area contributed by atoms with Crippen LogP contribution in [0.3, 0.4) is 0 Å². The molecule has 2 bridgehead atoms. The molecule has 2 aliphatic rings. The number of amides is 2. The predicted octanol–water partition coefficient (Wildman–Crippen LogP) is 3.81. The van der Waals surface area contributed by atoms with E-state index in [-0.39, 0.29) is 29.3 Å². The Morgan fingerprint density at radius 2 is 1.91 bits per heavy atom. The molecule has 0 saturated carbocycles. The summed E-state index contributed by atoms with van der Waals surface area (Å²) in [5.41, 5.74) is -1.68. The second-order valence-electron chi connectivity index (χ2n) is 8.04. The minimum atomic E-state index is -4.63. The molecule has 1 fully saturated rings. The first kappa shape index (κ1) is 21.6. The molecular formula is C21H16F3N5O5. The molecule has 2 N–H and O–H groups in total. The van der Waals surface area contributed by atoms with Gasteiger partial charge in [0, 0.05) is 24.4 Å². The lowest BCUT2D eigenvalue weighted by molar-refractivity contribution is -0.384. The Balaban J connectivity index is 1.46. The van der Waals surface area contributed by atoms with Gasteiger partial charge in [-0.15, -0.1) is 0 Å². The number of benzene rings is 2. The van der Waals surface area contributed by atoms with E-state index in [1.54, 1.807) is 0 Å². The van der Waals surface area contributed by atoms with Crippen molar-refractivity contribution in [2.24, 2.45) is 0 Å². The van der Waals surface area contributed by atoms with Crippen molar-refractivity contribution in [3.8, 4) is 11.6 Å². The maximum Gasteiger partial charge on any atom is 0.416 e. The van der Waals surface area contributed by atoms with Gasteiger partial charge in [0.15, 0.2) is 0 Å². The van der Waals surface area contributed by atoms with Crippen LogP contribution in [-0.4, -0.2) is 36.6 Å². The van der Waals surface area contributed by atoms with Crippen molar-refractivity contribution in [1.82, 2.24) is 14.0 Å². The predicted molar refractivity (Wildman–Crippen MR) is 112 cm³/mol. The van der Waals surface area contributed by atoms with Gasteiger partial charge in [-0.05, 0) is 30.7 Å². The van der Waals surface area contributed by atoms with E-state index in [4.69, 9.17) is 0 Å². The summed E-state index contributed by atoms with van der Waals surface area (Å²) in [6.45, 7) is 0.129. The number of likely N-dealkylation sites (tertiary alicyclic amines) is 1. The molecule has 34 heavy (non-hydrogen) atoms. The third-order valence-corrected chi connectivity index (χ3v) is 6.06. The highest BCUT2D eigenvalue weighted by Crippen LogP contribution is 2.48. The van der Waals surface area contributed by atoms with Crippen LogP contribution in [0.5, 0.6) is 5.88 Å². The van der Waals surface area contributed by atoms with Crippen LogP contribution in [0.2, 0.25) is 0 Å². The molecule has 3 heterocycles.